The number of nitrogens with zero attached hydrogens (tertiary/aromatic N) is 2. The van der Waals surface area contributed by atoms with Crippen molar-refractivity contribution in [3.05, 3.63) is 57.2 Å². The van der Waals surface area contributed by atoms with Crippen molar-refractivity contribution in [1.29, 1.82) is 0 Å². The Morgan fingerprint density at radius 3 is 2.23 bits per heavy atom. The number of likely N-dealkylation sites (tertiary alicyclic amines) is 1. The lowest BCUT2D eigenvalue weighted by molar-refractivity contribution is -0.192. The SMILES string of the molecule is C[C@@H](c1ccc(-c2cn(C)c(=O)c(Cl)c2F)cc1)[C@H](N)C(=O)N1CC[C@H](F)C1.O=C(O)C(F)(F)F. The Bertz CT molecular complexity index is 1140. The highest BCUT2D eigenvalue weighted by atomic mass is 35.5. The van der Waals surface area contributed by atoms with Gasteiger partial charge >= 0.3 is 12.1 Å². The van der Waals surface area contributed by atoms with Crippen LogP contribution in [0.25, 0.3) is 11.1 Å². The number of alkyl halides is 4. The van der Waals surface area contributed by atoms with E-state index in [4.69, 9.17) is 27.2 Å². The van der Waals surface area contributed by atoms with E-state index >= 15 is 0 Å². The van der Waals surface area contributed by atoms with Gasteiger partial charge in [0.05, 0.1) is 12.6 Å². The van der Waals surface area contributed by atoms with Crippen molar-refractivity contribution in [1.82, 2.24) is 9.47 Å². The molecule has 1 amide bonds. The van der Waals surface area contributed by atoms with Crippen LogP contribution in [0.3, 0.4) is 0 Å². The number of aryl methyl sites for hydroxylation is 1. The maximum Gasteiger partial charge on any atom is 0.490 e. The van der Waals surface area contributed by atoms with E-state index < -0.39 is 40.8 Å². The number of rotatable bonds is 4. The molecule has 1 aliphatic rings. The first-order valence-corrected chi connectivity index (χ1v) is 10.7. The Hall–Kier alpha value is -2.99. The predicted octanol–water partition coefficient (Wildman–Crippen LogP) is 3.48. The van der Waals surface area contributed by atoms with Crippen molar-refractivity contribution in [3.8, 4) is 11.1 Å². The zero-order valence-corrected chi connectivity index (χ0v) is 19.4. The van der Waals surface area contributed by atoms with E-state index in [0.717, 1.165) is 5.56 Å². The number of aromatic nitrogens is 1. The number of carbonyl (C=O) groups excluding carboxylic acids is 1. The second-order valence-electron chi connectivity index (χ2n) is 8.00. The van der Waals surface area contributed by atoms with Crippen molar-refractivity contribution in [2.45, 2.75) is 37.7 Å². The summed E-state index contributed by atoms with van der Waals surface area (Å²) in [7, 11) is 1.50. The van der Waals surface area contributed by atoms with Gasteiger partial charge in [0.1, 0.15) is 11.2 Å². The highest BCUT2D eigenvalue weighted by Gasteiger charge is 2.38. The van der Waals surface area contributed by atoms with Crippen molar-refractivity contribution in [3.63, 3.8) is 0 Å². The maximum atomic E-state index is 14.4. The third kappa shape index (κ3) is 6.79. The van der Waals surface area contributed by atoms with Gasteiger partial charge < -0.3 is 20.3 Å². The van der Waals surface area contributed by atoms with E-state index in [1.165, 1.54) is 22.7 Å². The van der Waals surface area contributed by atoms with Crippen LogP contribution in [0.1, 0.15) is 24.8 Å². The van der Waals surface area contributed by atoms with Crippen LogP contribution in [0.2, 0.25) is 5.02 Å². The van der Waals surface area contributed by atoms with Gasteiger partial charge in [-0.15, -0.1) is 0 Å². The van der Waals surface area contributed by atoms with E-state index in [0.29, 0.717) is 18.5 Å². The lowest BCUT2D eigenvalue weighted by Crippen LogP contribution is -2.45. The maximum absolute atomic E-state index is 14.4. The fourth-order valence-electron chi connectivity index (χ4n) is 3.39. The van der Waals surface area contributed by atoms with Crippen LogP contribution in [0.4, 0.5) is 22.0 Å². The van der Waals surface area contributed by atoms with Gasteiger partial charge in [-0.25, -0.2) is 13.6 Å². The first kappa shape index (κ1) is 28.2. The number of carboxylic acids is 1. The van der Waals surface area contributed by atoms with E-state index in [2.05, 4.69) is 0 Å². The summed E-state index contributed by atoms with van der Waals surface area (Å²) in [4.78, 5) is 34.5. The Kier molecular flexibility index (Phi) is 9.01. The molecule has 192 valence electrons. The summed E-state index contributed by atoms with van der Waals surface area (Å²) in [6, 6.07) is 6.10. The number of amides is 1. The molecule has 1 saturated heterocycles. The monoisotopic (exact) mass is 523 g/mol. The number of hydrogen-bond donors (Lipinski definition) is 2. The van der Waals surface area contributed by atoms with Crippen LogP contribution in [-0.4, -0.2) is 57.9 Å². The van der Waals surface area contributed by atoms with Gasteiger partial charge in [-0.05, 0) is 17.5 Å². The zero-order valence-electron chi connectivity index (χ0n) is 18.7. The molecule has 0 saturated carbocycles. The number of carboxylic acid groups (broad SMARTS) is 1. The molecule has 1 aliphatic heterocycles. The smallest absolute Gasteiger partial charge is 0.475 e. The summed E-state index contributed by atoms with van der Waals surface area (Å²) < 4.78 is 60.7. The normalized spacial score (nSPS) is 17.4. The Morgan fingerprint density at radius 1 is 1.23 bits per heavy atom. The number of aliphatic carboxylic acids is 1. The number of nitrogens with two attached hydrogens (primary N) is 1. The average molecular weight is 524 g/mol. The molecule has 2 aromatic rings. The molecule has 2 heterocycles. The summed E-state index contributed by atoms with van der Waals surface area (Å²) >= 11 is 5.77. The largest absolute Gasteiger partial charge is 0.490 e. The van der Waals surface area contributed by atoms with E-state index in [9.17, 15) is 31.5 Å². The predicted molar refractivity (Wildman–Crippen MR) is 118 cm³/mol. The van der Waals surface area contributed by atoms with Crippen LogP contribution in [0.15, 0.2) is 35.3 Å². The van der Waals surface area contributed by atoms with Crippen molar-refractivity contribution in [2.75, 3.05) is 13.1 Å². The molecule has 0 unspecified atom stereocenters. The summed E-state index contributed by atoms with van der Waals surface area (Å²) in [5.74, 6) is -4.10. The summed E-state index contributed by atoms with van der Waals surface area (Å²) in [5.41, 5.74) is 7.07. The fraction of sp³-hybridized carbons (Fsp3) is 0.409. The van der Waals surface area contributed by atoms with Crippen LogP contribution in [0, 0.1) is 5.82 Å². The summed E-state index contributed by atoms with van der Waals surface area (Å²) in [5, 5.41) is 6.67. The Labute approximate surface area is 201 Å². The van der Waals surface area contributed by atoms with Crippen molar-refractivity contribution < 1.29 is 36.6 Å². The molecule has 35 heavy (non-hydrogen) atoms. The van der Waals surface area contributed by atoms with Crippen LogP contribution in [0.5, 0.6) is 0 Å². The van der Waals surface area contributed by atoms with E-state index in [1.807, 2.05) is 6.92 Å². The van der Waals surface area contributed by atoms with Gasteiger partial charge in [0.15, 0.2) is 5.82 Å². The number of halogens is 6. The fourth-order valence-corrected chi connectivity index (χ4v) is 3.63. The van der Waals surface area contributed by atoms with Crippen LogP contribution < -0.4 is 11.3 Å². The molecule has 1 fully saturated rings. The molecule has 3 rings (SSSR count). The highest BCUT2D eigenvalue weighted by Crippen LogP contribution is 2.28. The number of benzene rings is 1. The molecule has 7 nitrogen and oxygen atoms in total. The second-order valence-corrected chi connectivity index (χ2v) is 8.37. The third-order valence-corrected chi connectivity index (χ3v) is 5.84. The molecular formula is C22H23ClF5N3O4. The lowest BCUT2D eigenvalue weighted by atomic mass is 9.91. The lowest BCUT2D eigenvalue weighted by Gasteiger charge is -2.25. The number of hydrogen-bond acceptors (Lipinski definition) is 4. The van der Waals surface area contributed by atoms with Gasteiger partial charge in [-0.1, -0.05) is 42.8 Å². The zero-order chi connectivity index (χ0) is 26.7. The Morgan fingerprint density at radius 2 is 1.77 bits per heavy atom. The molecule has 1 aromatic carbocycles. The van der Waals surface area contributed by atoms with Gasteiger partial charge in [0.25, 0.3) is 5.56 Å². The highest BCUT2D eigenvalue weighted by molar-refractivity contribution is 6.30. The molecular weight excluding hydrogens is 501 g/mol. The minimum Gasteiger partial charge on any atom is -0.475 e. The molecule has 0 aliphatic carbocycles. The minimum absolute atomic E-state index is 0.0882. The van der Waals surface area contributed by atoms with Gasteiger partial charge in [0, 0.05) is 31.3 Å². The minimum atomic E-state index is -5.08. The number of carbonyl (C=O) groups is 2. The average Bonchev–Trinajstić information content (AvgIpc) is 3.24. The van der Waals surface area contributed by atoms with E-state index in [1.54, 1.807) is 24.3 Å². The van der Waals surface area contributed by atoms with Crippen molar-refractivity contribution >= 4 is 23.5 Å². The molecule has 0 bridgehead atoms. The van der Waals surface area contributed by atoms with Crippen molar-refractivity contribution in [2.24, 2.45) is 12.8 Å². The molecule has 3 atom stereocenters. The molecule has 13 heteroatoms. The summed E-state index contributed by atoms with van der Waals surface area (Å²) in [6.45, 7) is 2.29. The van der Waals surface area contributed by atoms with Crippen LogP contribution >= 0.6 is 11.6 Å². The Balaban J connectivity index is 0.000000540. The first-order chi connectivity index (χ1) is 16.1. The topological polar surface area (TPSA) is 106 Å². The standard InChI is InChI=1S/C20H22ClF2N3O2.C2HF3O2/c1-11(18(24)20(28)26-8-7-14(22)9-26)12-3-5-13(6-4-12)15-10-25(2)19(27)16(21)17(15)23;3-2(4,5)1(6)7/h3-6,10-11,14,18H,7-9,24H2,1-2H3;(H,6,7)/t11-,14-,18-;/m0./s1. The van der Waals surface area contributed by atoms with Gasteiger partial charge in [-0.3, -0.25) is 9.59 Å². The molecule has 0 radical (unpaired) electrons. The van der Waals surface area contributed by atoms with Gasteiger partial charge in [0.2, 0.25) is 5.91 Å². The molecule has 1 aromatic heterocycles. The quantitative estimate of drug-likeness (QED) is 0.597. The number of pyridine rings is 1. The van der Waals surface area contributed by atoms with Gasteiger partial charge in [-0.2, -0.15) is 13.2 Å². The van der Waals surface area contributed by atoms with Crippen LogP contribution in [-0.2, 0) is 16.6 Å². The first-order valence-electron chi connectivity index (χ1n) is 10.3. The second kappa shape index (κ2) is 11.2. The third-order valence-electron chi connectivity index (χ3n) is 5.52. The summed E-state index contributed by atoms with van der Waals surface area (Å²) in [6.07, 6.45) is -4.35. The molecule has 3 N–H and O–H groups in total. The van der Waals surface area contributed by atoms with E-state index in [-0.39, 0.29) is 23.9 Å². The molecule has 0 spiro atoms.